The number of ether oxygens (including phenoxy) is 3. The number of aromatic nitrogens is 2. The minimum atomic E-state index is 0.260. The summed E-state index contributed by atoms with van der Waals surface area (Å²) in [7, 11) is 1.58. The molecule has 7 nitrogen and oxygen atoms in total. The van der Waals surface area contributed by atoms with Gasteiger partial charge in [-0.05, 0) is 56.7 Å². The van der Waals surface area contributed by atoms with Crippen molar-refractivity contribution in [1.82, 2.24) is 10.2 Å². The van der Waals surface area contributed by atoms with E-state index in [1.165, 1.54) is 0 Å². The molecule has 2 aromatic carbocycles. The fourth-order valence-electron chi connectivity index (χ4n) is 3.08. The van der Waals surface area contributed by atoms with Crippen LogP contribution < -0.4 is 19.9 Å². The normalized spacial score (nSPS) is 10.5. The summed E-state index contributed by atoms with van der Waals surface area (Å²) in [6, 6.07) is 10.7. The van der Waals surface area contributed by atoms with Gasteiger partial charge in [0, 0.05) is 28.4 Å². The summed E-state index contributed by atoms with van der Waals surface area (Å²) in [6.45, 7) is 6.67. The Morgan fingerprint density at radius 2 is 1.80 bits per heavy atom. The van der Waals surface area contributed by atoms with Gasteiger partial charge in [-0.2, -0.15) is 10.2 Å². The van der Waals surface area contributed by atoms with E-state index in [9.17, 15) is 0 Å². The van der Waals surface area contributed by atoms with Crippen LogP contribution in [0.5, 0.6) is 17.2 Å². The summed E-state index contributed by atoms with van der Waals surface area (Å²) >= 11 is 0. The highest BCUT2D eigenvalue weighted by molar-refractivity contribution is 6.14. The average Bonchev–Trinajstić information content (AvgIpc) is 2.74. The fourth-order valence-corrected chi connectivity index (χ4v) is 3.08. The van der Waals surface area contributed by atoms with Gasteiger partial charge in [-0.1, -0.05) is 0 Å². The maximum atomic E-state index is 8.71. The molecular formula is C23H26N4O3. The molecule has 0 aliphatic rings. The Morgan fingerprint density at radius 3 is 2.50 bits per heavy atom. The largest absolute Gasteiger partial charge is 0.497 e. The summed E-state index contributed by atoms with van der Waals surface area (Å²) in [5.41, 5.74) is 11.0. The minimum absolute atomic E-state index is 0.260. The minimum Gasteiger partial charge on any atom is -0.497 e. The van der Waals surface area contributed by atoms with E-state index >= 15 is 0 Å². The molecule has 1 aromatic heterocycles. The van der Waals surface area contributed by atoms with Crippen molar-refractivity contribution in [3.63, 3.8) is 0 Å². The zero-order valence-corrected chi connectivity index (χ0v) is 17.7. The topological polar surface area (TPSA) is 103 Å². The van der Waals surface area contributed by atoms with Gasteiger partial charge in [0.15, 0.2) is 0 Å². The van der Waals surface area contributed by atoms with Gasteiger partial charge in [0.2, 0.25) is 0 Å². The molecule has 30 heavy (non-hydrogen) atoms. The number of nitrogens with two attached hydrogens (primary N) is 1. The van der Waals surface area contributed by atoms with Crippen molar-refractivity contribution in [1.29, 1.82) is 5.41 Å². The third-order valence-corrected chi connectivity index (χ3v) is 4.76. The van der Waals surface area contributed by atoms with Gasteiger partial charge < -0.3 is 19.9 Å². The van der Waals surface area contributed by atoms with Crippen molar-refractivity contribution in [3.05, 3.63) is 70.5 Å². The first-order valence-electron chi connectivity index (χ1n) is 9.64. The maximum absolute atomic E-state index is 8.71. The van der Waals surface area contributed by atoms with Crippen LogP contribution in [0.3, 0.4) is 0 Å². The molecule has 3 rings (SSSR count). The fraction of sp³-hybridized carbons (Fsp3) is 0.261. The first-order chi connectivity index (χ1) is 14.4. The second kappa shape index (κ2) is 9.26. The number of hydrogen-bond acceptors (Lipinski definition) is 7. The van der Waals surface area contributed by atoms with Crippen LogP contribution in [-0.4, -0.2) is 29.6 Å². The Morgan fingerprint density at radius 1 is 1.03 bits per heavy atom. The first-order valence-corrected chi connectivity index (χ1v) is 9.64. The molecule has 3 N–H and O–H groups in total. The zero-order valence-electron chi connectivity index (χ0n) is 17.7. The molecular weight excluding hydrogens is 380 g/mol. The van der Waals surface area contributed by atoms with Gasteiger partial charge in [0.25, 0.3) is 0 Å². The number of hydrogen-bond donors (Lipinski definition) is 2. The maximum Gasteiger partial charge on any atom is 0.123 e. The third kappa shape index (κ3) is 4.68. The molecule has 7 heteroatoms. The number of rotatable bonds is 8. The SMILES string of the molecule is CCOc1cc(OC)cc(C(=N)c2cc(OCc3c(C)cnnc3C)ccc2N)c1. The second-order valence-corrected chi connectivity index (χ2v) is 6.83. The third-order valence-electron chi connectivity index (χ3n) is 4.76. The lowest BCUT2D eigenvalue weighted by atomic mass is 10.00. The summed E-state index contributed by atoms with van der Waals surface area (Å²) in [5, 5.41) is 16.7. The van der Waals surface area contributed by atoms with E-state index in [2.05, 4.69) is 10.2 Å². The highest BCUT2D eigenvalue weighted by Crippen LogP contribution is 2.28. The number of benzene rings is 2. The molecule has 0 radical (unpaired) electrons. The van der Waals surface area contributed by atoms with Crippen molar-refractivity contribution in [2.45, 2.75) is 27.4 Å². The van der Waals surface area contributed by atoms with Crippen LogP contribution in [0.25, 0.3) is 0 Å². The van der Waals surface area contributed by atoms with Gasteiger partial charge in [0.1, 0.15) is 23.9 Å². The average molecular weight is 406 g/mol. The molecule has 0 aliphatic heterocycles. The lowest BCUT2D eigenvalue weighted by molar-refractivity contribution is 0.303. The molecule has 0 amide bonds. The molecule has 1 heterocycles. The van der Waals surface area contributed by atoms with Crippen LogP contribution in [-0.2, 0) is 6.61 Å². The van der Waals surface area contributed by atoms with Crippen molar-refractivity contribution in [2.75, 3.05) is 19.5 Å². The van der Waals surface area contributed by atoms with Crippen molar-refractivity contribution < 1.29 is 14.2 Å². The Balaban J connectivity index is 1.88. The number of aryl methyl sites for hydroxylation is 2. The van der Waals surface area contributed by atoms with E-state index in [4.69, 9.17) is 25.4 Å². The van der Waals surface area contributed by atoms with E-state index in [-0.39, 0.29) is 5.71 Å². The highest BCUT2D eigenvalue weighted by atomic mass is 16.5. The smallest absolute Gasteiger partial charge is 0.123 e. The highest BCUT2D eigenvalue weighted by Gasteiger charge is 2.14. The van der Waals surface area contributed by atoms with Crippen LogP contribution in [0.15, 0.2) is 42.6 Å². The molecule has 0 atom stereocenters. The molecule has 0 fully saturated rings. The van der Waals surface area contributed by atoms with E-state index in [1.807, 2.05) is 20.8 Å². The summed E-state index contributed by atoms with van der Waals surface area (Å²) in [4.78, 5) is 0. The predicted molar refractivity (Wildman–Crippen MR) is 117 cm³/mol. The van der Waals surface area contributed by atoms with Crippen molar-refractivity contribution >= 4 is 11.4 Å². The molecule has 0 spiro atoms. The monoisotopic (exact) mass is 406 g/mol. The van der Waals surface area contributed by atoms with Gasteiger partial charge in [-0.25, -0.2) is 0 Å². The Bertz CT molecular complexity index is 1050. The van der Waals surface area contributed by atoms with E-state index < -0.39 is 0 Å². The lowest BCUT2D eigenvalue weighted by Gasteiger charge is -2.14. The molecule has 0 bridgehead atoms. The van der Waals surface area contributed by atoms with Gasteiger partial charge in [-0.3, -0.25) is 5.41 Å². The van der Waals surface area contributed by atoms with Crippen molar-refractivity contribution in [3.8, 4) is 17.2 Å². The van der Waals surface area contributed by atoms with E-state index in [0.29, 0.717) is 47.3 Å². The van der Waals surface area contributed by atoms with E-state index in [0.717, 1.165) is 16.8 Å². The number of nitrogens with zero attached hydrogens (tertiary/aromatic N) is 2. The Hall–Kier alpha value is -3.61. The summed E-state index contributed by atoms with van der Waals surface area (Å²) in [5.74, 6) is 1.87. The summed E-state index contributed by atoms with van der Waals surface area (Å²) in [6.07, 6.45) is 1.72. The summed E-state index contributed by atoms with van der Waals surface area (Å²) < 4.78 is 16.9. The zero-order chi connectivity index (χ0) is 21.7. The lowest BCUT2D eigenvalue weighted by Crippen LogP contribution is -2.08. The predicted octanol–water partition coefficient (Wildman–Crippen LogP) is 4.08. The molecule has 0 saturated carbocycles. The van der Waals surface area contributed by atoms with Crippen LogP contribution in [0, 0.1) is 19.3 Å². The van der Waals surface area contributed by atoms with Gasteiger partial charge in [-0.15, -0.1) is 0 Å². The number of anilines is 1. The molecule has 0 aliphatic carbocycles. The second-order valence-electron chi connectivity index (χ2n) is 6.83. The van der Waals surface area contributed by atoms with Gasteiger partial charge in [0.05, 0.1) is 31.3 Å². The number of nitrogen functional groups attached to an aromatic ring is 1. The van der Waals surface area contributed by atoms with Crippen LogP contribution >= 0.6 is 0 Å². The molecule has 3 aromatic rings. The molecule has 156 valence electrons. The van der Waals surface area contributed by atoms with Crippen LogP contribution in [0.4, 0.5) is 5.69 Å². The van der Waals surface area contributed by atoms with Crippen LogP contribution in [0.2, 0.25) is 0 Å². The van der Waals surface area contributed by atoms with E-state index in [1.54, 1.807) is 49.7 Å². The Kier molecular flexibility index (Phi) is 6.51. The van der Waals surface area contributed by atoms with Gasteiger partial charge >= 0.3 is 0 Å². The van der Waals surface area contributed by atoms with Crippen LogP contribution in [0.1, 0.15) is 34.9 Å². The number of methoxy groups -OCH3 is 1. The number of nitrogens with one attached hydrogen (secondary N) is 1. The first kappa shape index (κ1) is 21.1. The molecule has 0 unspecified atom stereocenters. The molecule has 0 saturated heterocycles. The van der Waals surface area contributed by atoms with Crippen molar-refractivity contribution in [2.24, 2.45) is 0 Å². The quantitative estimate of drug-likeness (QED) is 0.432. The Labute approximate surface area is 176 Å². The standard InChI is InChI=1S/C23H26N4O3/c1-5-29-19-9-16(8-18(10-19)28-4)23(25)20-11-17(6-7-22(20)24)30-13-21-14(2)12-26-27-15(21)3/h6-12,25H,5,13,24H2,1-4H3.